The number of nitrogens with zero attached hydrogens (tertiary/aromatic N) is 1. The van der Waals surface area contributed by atoms with Crippen LogP contribution in [0.15, 0.2) is 77.7 Å². The number of ketones is 1. The van der Waals surface area contributed by atoms with Gasteiger partial charge in [-0.3, -0.25) is 19.7 Å². The number of ether oxygens (including phenoxy) is 1. The zero-order chi connectivity index (χ0) is 29.5. The fourth-order valence-electron chi connectivity index (χ4n) is 3.94. The number of rotatable bonds is 10. The van der Waals surface area contributed by atoms with Gasteiger partial charge in [0.25, 0.3) is 11.3 Å². The third kappa shape index (κ3) is 7.81. The summed E-state index contributed by atoms with van der Waals surface area (Å²) in [6.45, 7) is 3.01. The molecule has 0 aliphatic carbocycles. The second kappa shape index (κ2) is 12.6. The Hall–Kier alpha value is -4.41. The number of carbonyl (C=O) groups is 3. The van der Waals surface area contributed by atoms with Crippen LogP contribution in [-0.4, -0.2) is 34.1 Å². The van der Waals surface area contributed by atoms with Gasteiger partial charge < -0.3 is 14.6 Å². The Morgan fingerprint density at radius 1 is 0.925 bits per heavy atom. The van der Waals surface area contributed by atoms with Gasteiger partial charge in [-0.05, 0) is 42.0 Å². The van der Waals surface area contributed by atoms with Crippen LogP contribution >= 0.6 is 0 Å². The van der Waals surface area contributed by atoms with Crippen LogP contribution in [0.25, 0.3) is 0 Å². The van der Waals surface area contributed by atoms with Crippen molar-refractivity contribution in [3.63, 3.8) is 0 Å². The molecule has 1 unspecified atom stereocenters. The molecule has 0 fully saturated rings. The Kier molecular flexibility index (Phi) is 9.51. The zero-order valence-corrected chi connectivity index (χ0v) is 22.2. The summed E-state index contributed by atoms with van der Waals surface area (Å²) in [6.07, 6.45) is -4.37. The maximum atomic E-state index is 13.2. The van der Waals surface area contributed by atoms with Crippen molar-refractivity contribution < 1.29 is 32.3 Å². The minimum atomic E-state index is -5.17. The molecule has 212 valence electrons. The lowest BCUT2D eigenvalue weighted by atomic mass is 9.83. The Labute approximate surface area is 229 Å². The van der Waals surface area contributed by atoms with Crippen LogP contribution in [-0.2, 0) is 33.9 Å². The van der Waals surface area contributed by atoms with Gasteiger partial charge in [-0.1, -0.05) is 74.5 Å². The van der Waals surface area contributed by atoms with Gasteiger partial charge in [-0.25, -0.2) is 4.79 Å². The lowest BCUT2D eigenvalue weighted by Gasteiger charge is -2.33. The van der Waals surface area contributed by atoms with Crippen LogP contribution in [0.4, 0.5) is 23.7 Å². The summed E-state index contributed by atoms with van der Waals surface area (Å²) in [4.78, 5) is 50.6. The topological polar surface area (TPSA) is 106 Å². The average molecular weight is 558 g/mol. The minimum Gasteiger partial charge on any atom is -0.444 e. The summed E-state index contributed by atoms with van der Waals surface area (Å²) in [5.41, 5.74) is -1.07. The quantitative estimate of drug-likeness (QED) is 0.371. The van der Waals surface area contributed by atoms with E-state index in [9.17, 15) is 32.3 Å². The molecule has 2 N–H and O–H groups in total. The molecule has 1 heterocycles. The molecule has 11 heteroatoms. The maximum absolute atomic E-state index is 13.2. The van der Waals surface area contributed by atoms with Crippen molar-refractivity contribution in [2.75, 3.05) is 5.32 Å². The highest BCUT2D eigenvalue weighted by atomic mass is 19.4. The fourth-order valence-corrected chi connectivity index (χ4v) is 3.94. The molecule has 0 aliphatic rings. The summed E-state index contributed by atoms with van der Waals surface area (Å²) in [7, 11) is 0. The molecule has 0 saturated heterocycles. The van der Waals surface area contributed by atoms with Crippen LogP contribution < -0.4 is 16.2 Å². The summed E-state index contributed by atoms with van der Waals surface area (Å²) in [6, 6.07) is 19.5. The standard InChI is InChI=1S/C29H30F3N3O5/c1-19(2)28(3,26(38)29(30,31)32)34-24(36)17-35-16-22(14-20-10-6-4-7-11-20)15-23(25(35)37)33-27(39)40-18-21-12-8-5-9-13-21/h4-13,15-16,19H,14,17-18H2,1-3H3,(H,33,39)(H,34,36). The third-order valence-electron chi connectivity index (χ3n) is 6.44. The number of alkyl halides is 3. The number of pyridine rings is 1. The number of benzene rings is 2. The van der Waals surface area contributed by atoms with E-state index in [2.05, 4.69) is 10.6 Å². The molecule has 2 amide bonds. The van der Waals surface area contributed by atoms with Gasteiger partial charge in [0.1, 0.15) is 24.4 Å². The Bertz CT molecular complexity index is 1410. The molecular weight excluding hydrogens is 527 g/mol. The Morgan fingerprint density at radius 3 is 2.05 bits per heavy atom. The van der Waals surface area contributed by atoms with Gasteiger partial charge in [0.05, 0.1) is 0 Å². The van der Waals surface area contributed by atoms with Gasteiger partial charge in [-0.15, -0.1) is 0 Å². The first-order valence-corrected chi connectivity index (χ1v) is 12.5. The van der Waals surface area contributed by atoms with Crippen molar-refractivity contribution >= 4 is 23.5 Å². The number of carbonyl (C=O) groups excluding carboxylic acids is 3. The molecule has 0 saturated carbocycles. The van der Waals surface area contributed by atoms with E-state index >= 15 is 0 Å². The van der Waals surface area contributed by atoms with E-state index in [0.29, 0.717) is 12.0 Å². The Morgan fingerprint density at radius 2 is 1.50 bits per heavy atom. The van der Waals surface area contributed by atoms with Crippen molar-refractivity contribution in [3.05, 3.63) is 100.0 Å². The number of nitrogens with one attached hydrogen (secondary N) is 2. The molecule has 0 aliphatic heterocycles. The molecule has 1 atom stereocenters. The van der Waals surface area contributed by atoms with Crippen LogP contribution in [0, 0.1) is 5.92 Å². The van der Waals surface area contributed by atoms with Crippen molar-refractivity contribution in [2.45, 2.75) is 52.1 Å². The minimum absolute atomic E-state index is 0.0476. The summed E-state index contributed by atoms with van der Waals surface area (Å²) >= 11 is 0. The molecule has 3 aromatic rings. The molecule has 3 rings (SSSR count). The van der Waals surface area contributed by atoms with Gasteiger partial charge in [0.15, 0.2) is 0 Å². The van der Waals surface area contributed by atoms with Gasteiger partial charge in [0.2, 0.25) is 5.91 Å². The number of hydrogen-bond donors (Lipinski definition) is 2. The van der Waals surface area contributed by atoms with E-state index in [1.54, 1.807) is 24.3 Å². The zero-order valence-electron chi connectivity index (χ0n) is 22.2. The van der Waals surface area contributed by atoms with Gasteiger partial charge >= 0.3 is 12.3 Å². The number of aromatic nitrogens is 1. The SMILES string of the molecule is CC(C)C(C)(NC(=O)Cn1cc(Cc2ccccc2)cc(NC(=O)OCc2ccccc2)c1=O)C(=O)C(F)(F)F. The molecule has 8 nitrogen and oxygen atoms in total. The first-order valence-electron chi connectivity index (χ1n) is 12.5. The highest BCUT2D eigenvalue weighted by Gasteiger charge is 2.52. The van der Waals surface area contributed by atoms with Crippen LogP contribution in [0.2, 0.25) is 0 Å². The van der Waals surface area contributed by atoms with E-state index in [-0.39, 0.29) is 12.3 Å². The van der Waals surface area contributed by atoms with E-state index in [1.165, 1.54) is 26.1 Å². The predicted molar refractivity (Wildman–Crippen MR) is 143 cm³/mol. The smallest absolute Gasteiger partial charge is 0.444 e. The summed E-state index contributed by atoms with van der Waals surface area (Å²) < 4.78 is 45.9. The van der Waals surface area contributed by atoms with Crippen molar-refractivity contribution in [2.24, 2.45) is 5.92 Å². The van der Waals surface area contributed by atoms with Gasteiger partial charge in [0, 0.05) is 6.20 Å². The van der Waals surface area contributed by atoms with Crippen LogP contribution in [0.5, 0.6) is 0 Å². The van der Waals surface area contributed by atoms with Crippen molar-refractivity contribution in [1.82, 2.24) is 9.88 Å². The largest absolute Gasteiger partial charge is 0.452 e. The summed E-state index contributed by atoms with van der Waals surface area (Å²) in [5, 5.41) is 4.56. The number of Topliss-reactive ketones (excluding diaryl/α,β-unsaturated/α-hetero) is 1. The number of halogens is 3. The molecule has 2 aromatic carbocycles. The second-order valence-electron chi connectivity index (χ2n) is 9.78. The number of hydrogen-bond acceptors (Lipinski definition) is 5. The van der Waals surface area contributed by atoms with E-state index in [4.69, 9.17) is 4.74 Å². The molecule has 0 spiro atoms. The van der Waals surface area contributed by atoms with Gasteiger partial charge in [-0.2, -0.15) is 13.2 Å². The molecule has 0 bridgehead atoms. The number of amides is 2. The highest BCUT2D eigenvalue weighted by Crippen LogP contribution is 2.28. The monoisotopic (exact) mass is 557 g/mol. The maximum Gasteiger partial charge on any atom is 0.452 e. The normalized spacial score (nSPS) is 12.9. The highest BCUT2D eigenvalue weighted by molar-refractivity contribution is 5.96. The third-order valence-corrected chi connectivity index (χ3v) is 6.44. The molecule has 1 aromatic heterocycles. The molecule has 0 radical (unpaired) electrons. The first kappa shape index (κ1) is 30.1. The van der Waals surface area contributed by atoms with E-state index < -0.39 is 47.5 Å². The van der Waals surface area contributed by atoms with E-state index in [1.807, 2.05) is 36.4 Å². The predicted octanol–water partition coefficient (Wildman–Crippen LogP) is 4.85. The van der Waals surface area contributed by atoms with Crippen LogP contribution in [0.1, 0.15) is 37.5 Å². The summed E-state index contributed by atoms with van der Waals surface area (Å²) in [5.74, 6) is -3.98. The van der Waals surface area contributed by atoms with Crippen molar-refractivity contribution in [3.8, 4) is 0 Å². The fraction of sp³-hybridized carbons (Fsp3) is 0.310. The first-order chi connectivity index (χ1) is 18.8. The van der Waals surface area contributed by atoms with Crippen molar-refractivity contribution in [1.29, 1.82) is 0 Å². The molecular formula is C29H30F3N3O5. The van der Waals surface area contributed by atoms with Crippen LogP contribution in [0.3, 0.4) is 0 Å². The average Bonchev–Trinajstić information content (AvgIpc) is 2.90. The lowest BCUT2D eigenvalue weighted by molar-refractivity contribution is -0.180. The lowest BCUT2D eigenvalue weighted by Crippen LogP contribution is -2.60. The second-order valence-corrected chi connectivity index (χ2v) is 9.78. The van der Waals surface area contributed by atoms with E-state index in [0.717, 1.165) is 22.6 Å². The molecule has 40 heavy (non-hydrogen) atoms. The number of anilines is 1. The Balaban J connectivity index is 1.87.